The molecule has 28 heavy (non-hydrogen) atoms. The number of nitrogens with zero attached hydrogens (tertiary/aromatic N) is 1. The Bertz CT molecular complexity index is 1010. The number of thiazole rings is 1. The van der Waals surface area contributed by atoms with Gasteiger partial charge in [0.2, 0.25) is 5.91 Å². The van der Waals surface area contributed by atoms with Crippen molar-refractivity contribution in [2.24, 2.45) is 0 Å². The van der Waals surface area contributed by atoms with Crippen LogP contribution in [0.1, 0.15) is 33.5 Å². The third kappa shape index (κ3) is 4.84. The van der Waals surface area contributed by atoms with Gasteiger partial charge in [0, 0.05) is 29.5 Å². The Morgan fingerprint density at radius 2 is 1.79 bits per heavy atom. The predicted molar refractivity (Wildman–Crippen MR) is 114 cm³/mol. The minimum Gasteiger partial charge on any atom is -0.352 e. The SMILES string of the molecule is Cc1ccc(-c2csc(NC(=O)CCNC(=O)c3ccccc3C)n2)cc1C. The number of anilines is 1. The predicted octanol–water partition coefficient (Wildman–Crippen LogP) is 4.49. The first-order valence-corrected chi connectivity index (χ1v) is 9.99. The first-order chi connectivity index (χ1) is 13.4. The molecule has 2 aromatic carbocycles. The molecule has 1 heterocycles. The maximum Gasteiger partial charge on any atom is 0.251 e. The van der Waals surface area contributed by atoms with Gasteiger partial charge in [-0.25, -0.2) is 4.98 Å². The molecule has 3 aromatic rings. The van der Waals surface area contributed by atoms with E-state index in [9.17, 15) is 9.59 Å². The van der Waals surface area contributed by atoms with Gasteiger partial charge in [0.1, 0.15) is 0 Å². The van der Waals surface area contributed by atoms with E-state index in [1.807, 2.05) is 36.6 Å². The van der Waals surface area contributed by atoms with Crippen molar-refractivity contribution >= 4 is 28.3 Å². The molecule has 0 unspecified atom stereocenters. The van der Waals surface area contributed by atoms with Crippen LogP contribution in [-0.2, 0) is 4.79 Å². The Labute approximate surface area is 168 Å². The first kappa shape index (κ1) is 19.8. The Morgan fingerprint density at radius 3 is 2.54 bits per heavy atom. The summed E-state index contributed by atoms with van der Waals surface area (Å²) in [5.41, 5.74) is 5.86. The van der Waals surface area contributed by atoms with Crippen LogP contribution in [0.4, 0.5) is 5.13 Å². The van der Waals surface area contributed by atoms with Gasteiger partial charge < -0.3 is 10.6 Å². The lowest BCUT2D eigenvalue weighted by molar-refractivity contribution is -0.116. The number of hydrogen-bond donors (Lipinski definition) is 2. The highest BCUT2D eigenvalue weighted by Gasteiger charge is 2.11. The maximum absolute atomic E-state index is 12.2. The Morgan fingerprint density at radius 1 is 1.00 bits per heavy atom. The van der Waals surface area contributed by atoms with Crippen LogP contribution in [0, 0.1) is 20.8 Å². The number of nitrogens with one attached hydrogen (secondary N) is 2. The Kier molecular flexibility index (Phi) is 6.21. The lowest BCUT2D eigenvalue weighted by Crippen LogP contribution is -2.28. The van der Waals surface area contributed by atoms with Gasteiger partial charge in [-0.1, -0.05) is 30.3 Å². The van der Waals surface area contributed by atoms with E-state index in [4.69, 9.17) is 0 Å². The van der Waals surface area contributed by atoms with Crippen molar-refractivity contribution in [3.8, 4) is 11.3 Å². The molecular weight excluding hydrogens is 370 g/mol. The summed E-state index contributed by atoms with van der Waals surface area (Å²) in [5.74, 6) is -0.344. The Balaban J connectivity index is 1.51. The van der Waals surface area contributed by atoms with E-state index in [-0.39, 0.29) is 24.8 Å². The molecule has 1 aromatic heterocycles. The maximum atomic E-state index is 12.2. The number of carbonyl (C=O) groups is 2. The fourth-order valence-corrected chi connectivity index (χ4v) is 3.49. The molecule has 2 N–H and O–H groups in total. The van der Waals surface area contributed by atoms with Crippen LogP contribution in [0.15, 0.2) is 47.8 Å². The minimum absolute atomic E-state index is 0.169. The highest BCUT2D eigenvalue weighted by atomic mass is 32.1. The van der Waals surface area contributed by atoms with Gasteiger partial charge in [-0.3, -0.25) is 9.59 Å². The third-order valence-corrected chi connectivity index (χ3v) is 5.34. The normalized spacial score (nSPS) is 10.5. The van der Waals surface area contributed by atoms with Crippen LogP contribution in [0.25, 0.3) is 11.3 Å². The molecule has 144 valence electrons. The topological polar surface area (TPSA) is 71.1 Å². The smallest absolute Gasteiger partial charge is 0.251 e. The molecule has 0 saturated heterocycles. The molecule has 0 fully saturated rings. The van der Waals surface area contributed by atoms with E-state index in [1.165, 1.54) is 22.5 Å². The summed E-state index contributed by atoms with van der Waals surface area (Å²) >= 11 is 1.39. The summed E-state index contributed by atoms with van der Waals surface area (Å²) in [4.78, 5) is 28.8. The van der Waals surface area contributed by atoms with Crippen molar-refractivity contribution in [1.82, 2.24) is 10.3 Å². The zero-order valence-electron chi connectivity index (χ0n) is 16.2. The zero-order valence-corrected chi connectivity index (χ0v) is 17.0. The molecule has 5 nitrogen and oxygen atoms in total. The average molecular weight is 394 g/mol. The van der Waals surface area contributed by atoms with Crippen LogP contribution < -0.4 is 10.6 Å². The zero-order chi connectivity index (χ0) is 20.1. The summed E-state index contributed by atoms with van der Waals surface area (Å²) in [6.45, 7) is 6.30. The summed E-state index contributed by atoms with van der Waals surface area (Å²) in [6.07, 6.45) is 0.191. The van der Waals surface area contributed by atoms with Crippen LogP contribution in [0.2, 0.25) is 0 Å². The van der Waals surface area contributed by atoms with Gasteiger partial charge in [-0.05, 0) is 49.6 Å². The summed E-state index contributed by atoms with van der Waals surface area (Å²) < 4.78 is 0. The van der Waals surface area contributed by atoms with Crippen molar-refractivity contribution in [2.45, 2.75) is 27.2 Å². The molecule has 0 radical (unpaired) electrons. The standard InChI is InChI=1S/C22H23N3O2S/c1-14-8-9-17(12-16(14)3)19-13-28-22(24-19)25-20(26)10-11-23-21(27)18-7-5-4-6-15(18)2/h4-9,12-13H,10-11H2,1-3H3,(H,23,27)(H,24,25,26). The lowest BCUT2D eigenvalue weighted by atomic mass is 10.1. The second-order valence-electron chi connectivity index (χ2n) is 6.71. The summed E-state index contributed by atoms with van der Waals surface area (Å²) in [7, 11) is 0. The molecule has 0 aliphatic heterocycles. The van der Waals surface area contributed by atoms with Crippen molar-refractivity contribution < 1.29 is 9.59 Å². The quantitative estimate of drug-likeness (QED) is 0.648. The molecule has 0 saturated carbocycles. The monoisotopic (exact) mass is 393 g/mol. The fraction of sp³-hybridized carbons (Fsp3) is 0.227. The van der Waals surface area contributed by atoms with E-state index < -0.39 is 0 Å². The molecule has 3 rings (SSSR count). The molecule has 0 aliphatic carbocycles. The van der Waals surface area contributed by atoms with Crippen molar-refractivity contribution in [3.63, 3.8) is 0 Å². The van der Waals surface area contributed by atoms with Gasteiger partial charge in [0.15, 0.2) is 5.13 Å². The summed E-state index contributed by atoms with van der Waals surface area (Å²) in [6, 6.07) is 13.6. The second kappa shape index (κ2) is 8.80. The van der Waals surface area contributed by atoms with Gasteiger partial charge in [0.05, 0.1) is 5.69 Å². The van der Waals surface area contributed by atoms with Gasteiger partial charge >= 0.3 is 0 Å². The molecule has 0 bridgehead atoms. The highest BCUT2D eigenvalue weighted by molar-refractivity contribution is 7.14. The fourth-order valence-electron chi connectivity index (χ4n) is 2.76. The van der Waals surface area contributed by atoms with Crippen LogP contribution >= 0.6 is 11.3 Å². The number of aryl methyl sites for hydroxylation is 3. The Hall–Kier alpha value is -2.99. The molecule has 0 atom stereocenters. The van der Waals surface area contributed by atoms with Crippen LogP contribution in [-0.4, -0.2) is 23.3 Å². The van der Waals surface area contributed by atoms with E-state index in [0.717, 1.165) is 16.8 Å². The number of carbonyl (C=O) groups excluding carboxylic acids is 2. The third-order valence-electron chi connectivity index (χ3n) is 4.58. The molecular formula is C22H23N3O2S. The van der Waals surface area contributed by atoms with Gasteiger partial charge in [-0.2, -0.15) is 0 Å². The van der Waals surface area contributed by atoms with Crippen molar-refractivity contribution in [1.29, 1.82) is 0 Å². The van der Waals surface area contributed by atoms with E-state index in [2.05, 4.69) is 41.6 Å². The van der Waals surface area contributed by atoms with Crippen LogP contribution in [0.5, 0.6) is 0 Å². The highest BCUT2D eigenvalue weighted by Crippen LogP contribution is 2.26. The van der Waals surface area contributed by atoms with Crippen molar-refractivity contribution in [2.75, 3.05) is 11.9 Å². The summed E-state index contributed by atoms with van der Waals surface area (Å²) in [5, 5.41) is 8.07. The number of amides is 2. The largest absolute Gasteiger partial charge is 0.352 e. The first-order valence-electron chi connectivity index (χ1n) is 9.11. The minimum atomic E-state index is -0.175. The van der Waals surface area contributed by atoms with E-state index in [1.54, 1.807) is 6.07 Å². The second-order valence-corrected chi connectivity index (χ2v) is 7.56. The lowest BCUT2D eigenvalue weighted by Gasteiger charge is -2.07. The number of aromatic nitrogens is 1. The average Bonchev–Trinajstić information content (AvgIpc) is 3.12. The molecule has 2 amide bonds. The number of benzene rings is 2. The van der Waals surface area contributed by atoms with Gasteiger partial charge in [0.25, 0.3) is 5.91 Å². The van der Waals surface area contributed by atoms with E-state index >= 15 is 0 Å². The number of hydrogen-bond acceptors (Lipinski definition) is 4. The number of rotatable bonds is 6. The van der Waals surface area contributed by atoms with Gasteiger partial charge in [-0.15, -0.1) is 11.3 Å². The molecule has 6 heteroatoms. The molecule has 0 aliphatic rings. The molecule has 0 spiro atoms. The van der Waals surface area contributed by atoms with Crippen LogP contribution in [0.3, 0.4) is 0 Å². The van der Waals surface area contributed by atoms with E-state index in [0.29, 0.717) is 10.7 Å². The van der Waals surface area contributed by atoms with Crippen molar-refractivity contribution in [3.05, 3.63) is 70.1 Å².